The number of rotatable bonds is 4. The van der Waals surface area contributed by atoms with Gasteiger partial charge in [0.25, 0.3) is 0 Å². The number of carboxylic acid groups (broad SMARTS) is 2. The Hall–Kier alpha value is 0.394. The molecule has 6 heteroatoms. The molecule has 0 aliphatic rings. The van der Waals surface area contributed by atoms with Gasteiger partial charge in [0, 0.05) is 0 Å². The van der Waals surface area contributed by atoms with E-state index in [2.05, 4.69) is 0 Å². The number of benzene rings is 1. The van der Waals surface area contributed by atoms with Crippen molar-refractivity contribution in [3.63, 3.8) is 0 Å². The van der Waals surface area contributed by atoms with Crippen molar-refractivity contribution in [2.75, 3.05) is 0 Å². The summed E-state index contributed by atoms with van der Waals surface area (Å²) in [6, 6.07) is 8.06. The van der Waals surface area contributed by atoms with Crippen molar-refractivity contribution >= 4 is 82.2 Å². The average molecular weight is 270 g/mol. The van der Waals surface area contributed by atoms with Crippen molar-refractivity contribution in [1.29, 1.82) is 0 Å². The van der Waals surface area contributed by atoms with Gasteiger partial charge in [-0.3, -0.25) is 9.59 Å². The molecule has 1 aromatic rings. The zero-order valence-electron chi connectivity index (χ0n) is 9.18. The molecule has 1 aromatic carbocycles. The van der Waals surface area contributed by atoms with Crippen LogP contribution in [0.25, 0.3) is 0 Å². The van der Waals surface area contributed by atoms with Crippen molar-refractivity contribution in [3.8, 4) is 0 Å². The van der Waals surface area contributed by atoms with E-state index in [0.29, 0.717) is 5.56 Å². The van der Waals surface area contributed by atoms with Crippen LogP contribution in [-0.4, -0.2) is 92.4 Å². The zero-order chi connectivity index (χ0) is 12.3. The van der Waals surface area contributed by atoms with Gasteiger partial charge >= 0.3 is 82.2 Å². The molecule has 4 nitrogen and oxygen atoms in total. The van der Waals surface area contributed by atoms with Crippen molar-refractivity contribution in [2.24, 2.45) is 5.92 Å². The van der Waals surface area contributed by atoms with Gasteiger partial charge in [0.2, 0.25) is 0 Å². The van der Waals surface area contributed by atoms with Crippen molar-refractivity contribution in [3.05, 3.63) is 35.9 Å². The van der Waals surface area contributed by atoms with Gasteiger partial charge in [-0.2, -0.15) is 0 Å². The van der Waals surface area contributed by atoms with Crippen LogP contribution in [0, 0.1) is 5.92 Å². The third-order valence-electron chi connectivity index (χ3n) is 2.77. The van der Waals surface area contributed by atoms with E-state index < -0.39 is 23.3 Å². The summed E-state index contributed by atoms with van der Waals surface area (Å²) in [4.78, 5) is 22.6. The molecule has 0 radical (unpaired) electrons. The van der Waals surface area contributed by atoms with E-state index >= 15 is 0 Å². The predicted molar refractivity (Wildman–Crippen MR) is 72.5 cm³/mol. The summed E-state index contributed by atoms with van der Waals surface area (Å²) in [5.74, 6) is -3.20. The molecule has 0 atom stereocenters. The Morgan fingerprint density at radius 1 is 1.06 bits per heavy atom. The molecule has 0 saturated heterocycles. The fourth-order valence-corrected chi connectivity index (χ4v) is 1.87. The van der Waals surface area contributed by atoms with E-state index in [4.69, 9.17) is 0 Å². The summed E-state index contributed by atoms with van der Waals surface area (Å²) < 4.78 is 0. The second kappa shape index (κ2) is 8.54. The van der Waals surface area contributed by atoms with Gasteiger partial charge < -0.3 is 10.2 Å². The molecule has 0 unspecified atom stereocenters. The minimum atomic E-state index is -1.87. The minimum absolute atomic E-state index is 0. The van der Waals surface area contributed by atoms with Gasteiger partial charge in [0.1, 0.15) is 0 Å². The first-order valence-electron chi connectivity index (χ1n) is 4.96. The number of carbonyl (C=O) groups is 2. The van der Waals surface area contributed by atoms with Gasteiger partial charge in [0.15, 0.2) is 5.41 Å². The Morgan fingerprint density at radius 2 is 1.44 bits per heavy atom. The van der Waals surface area contributed by atoms with E-state index in [1.165, 1.54) is 12.1 Å². The van der Waals surface area contributed by atoms with Crippen LogP contribution in [0.5, 0.6) is 0 Å². The topological polar surface area (TPSA) is 74.6 Å². The molecule has 90 valence electrons. The summed E-state index contributed by atoms with van der Waals surface area (Å²) in [6.45, 7) is 3.18. The van der Waals surface area contributed by atoms with E-state index in [1.807, 2.05) is 0 Å². The van der Waals surface area contributed by atoms with Crippen molar-refractivity contribution in [1.82, 2.24) is 0 Å². The van der Waals surface area contributed by atoms with Crippen LogP contribution in [-0.2, 0) is 15.0 Å². The van der Waals surface area contributed by atoms with Crippen LogP contribution in [0.4, 0.5) is 0 Å². The molecule has 2 N–H and O–H groups in total. The Labute approximate surface area is 161 Å². The maximum absolute atomic E-state index is 11.3. The summed E-state index contributed by atoms with van der Waals surface area (Å²) in [7, 11) is 0. The van der Waals surface area contributed by atoms with Crippen LogP contribution in [0.15, 0.2) is 30.3 Å². The summed E-state index contributed by atoms with van der Waals surface area (Å²) in [6.07, 6.45) is 0. The number of hydrogen-bond acceptors (Lipinski definition) is 2. The van der Waals surface area contributed by atoms with Gasteiger partial charge in [-0.25, -0.2) is 0 Å². The summed E-state index contributed by atoms with van der Waals surface area (Å²) >= 11 is 0. The van der Waals surface area contributed by atoms with Crippen LogP contribution in [0.1, 0.15) is 19.4 Å². The second-order valence-corrected chi connectivity index (χ2v) is 3.94. The number of hydrogen-bond donors (Lipinski definition) is 2. The van der Waals surface area contributed by atoms with E-state index in [9.17, 15) is 19.8 Å². The Bertz CT molecular complexity index is 392. The van der Waals surface area contributed by atoms with E-state index in [0.717, 1.165) is 0 Å². The number of carboxylic acids is 2. The quantitative estimate of drug-likeness (QED) is 0.615. The van der Waals surface area contributed by atoms with Gasteiger partial charge in [0.05, 0.1) is 0 Å². The van der Waals surface area contributed by atoms with Crippen LogP contribution in [0.3, 0.4) is 0 Å². The van der Waals surface area contributed by atoms with Crippen molar-refractivity contribution in [2.45, 2.75) is 19.3 Å². The molecular formula is C12H16KLiO4. The van der Waals surface area contributed by atoms with Crippen LogP contribution in [0.2, 0.25) is 0 Å². The molecular weight excluding hydrogens is 254 g/mol. The van der Waals surface area contributed by atoms with Crippen LogP contribution >= 0.6 is 0 Å². The van der Waals surface area contributed by atoms with E-state index in [1.54, 1.807) is 32.0 Å². The molecule has 0 heterocycles. The molecule has 0 saturated carbocycles. The van der Waals surface area contributed by atoms with Crippen LogP contribution < -0.4 is 0 Å². The average Bonchev–Trinajstić information content (AvgIpc) is 2.18. The fraction of sp³-hybridized carbons (Fsp3) is 0.333. The normalized spacial score (nSPS) is 10.2. The Morgan fingerprint density at radius 3 is 1.72 bits per heavy atom. The van der Waals surface area contributed by atoms with E-state index in [-0.39, 0.29) is 70.2 Å². The molecule has 0 spiro atoms. The molecule has 0 aliphatic heterocycles. The third kappa shape index (κ3) is 3.70. The fourth-order valence-electron chi connectivity index (χ4n) is 1.87. The first-order chi connectivity index (χ1) is 7.44. The summed E-state index contributed by atoms with van der Waals surface area (Å²) in [5, 5.41) is 18.5. The molecule has 0 aromatic heterocycles. The van der Waals surface area contributed by atoms with Gasteiger partial charge in [-0.15, -0.1) is 0 Å². The molecule has 1 rings (SSSR count). The molecule has 18 heavy (non-hydrogen) atoms. The standard InChI is InChI=1S/C12H14O4.K.Li.2H/c1-8(2)12(10(13)14,11(15)16)9-6-4-3-5-7-9;;;;/h3-8H,1-2H3,(H,13,14)(H,15,16);;;;. The molecule has 0 fully saturated rings. The molecule has 0 bridgehead atoms. The summed E-state index contributed by atoms with van der Waals surface area (Å²) in [5.41, 5.74) is -1.58. The Balaban J connectivity index is 0. The van der Waals surface area contributed by atoms with Crippen molar-refractivity contribution < 1.29 is 19.8 Å². The van der Waals surface area contributed by atoms with Gasteiger partial charge in [-0.1, -0.05) is 44.2 Å². The monoisotopic (exact) mass is 270 g/mol. The first-order valence-corrected chi connectivity index (χ1v) is 4.96. The Kier molecular flexibility index (Phi) is 9.83. The molecule has 0 amide bonds. The maximum atomic E-state index is 11.3. The first kappa shape index (κ1) is 20.7. The predicted octanol–water partition coefficient (Wildman–Crippen LogP) is 0.453. The SMILES string of the molecule is CC(C)C(C(=O)O)(C(=O)O)c1ccccc1.[KH].[LiH]. The van der Waals surface area contributed by atoms with Gasteiger partial charge in [-0.05, 0) is 11.5 Å². The number of aliphatic carboxylic acids is 2. The second-order valence-electron chi connectivity index (χ2n) is 3.94. The zero-order valence-corrected chi connectivity index (χ0v) is 9.18. The molecule has 0 aliphatic carbocycles. The third-order valence-corrected chi connectivity index (χ3v) is 2.77.